The minimum Gasteiger partial charge on any atom is -0.342 e. The Balaban J connectivity index is 0.00000225. The maximum atomic E-state index is 12.9. The van der Waals surface area contributed by atoms with E-state index in [1.807, 2.05) is 4.90 Å². The first-order valence-corrected chi connectivity index (χ1v) is 9.88. The van der Waals surface area contributed by atoms with Crippen molar-refractivity contribution in [3.8, 4) is 0 Å². The molecule has 1 spiro atoms. The summed E-state index contributed by atoms with van der Waals surface area (Å²) < 4.78 is 12.9. The summed E-state index contributed by atoms with van der Waals surface area (Å²) in [5.41, 5.74) is 0.828. The number of carbonyl (C=O) groups excluding carboxylic acids is 2. The number of piperidine rings is 2. The standard InChI is InChI=1S/C20H27FN4O2.ClH/c21-14-1-3-15(4-2-14)23-19(27)24-16-5-11-25(12-6-16)18(26)17-13-20(17)7-9-22-10-8-20;/h1-4,16-17,22H,5-13H2,(H2,23,24,27);1H. The number of halogens is 2. The molecule has 1 aromatic carbocycles. The van der Waals surface area contributed by atoms with Gasteiger partial charge >= 0.3 is 6.03 Å². The van der Waals surface area contributed by atoms with E-state index in [9.17, 15) is 14.0 Å². The van der Waals surface area contributed by atoms with Gasteiger partial charge in [0.25, 0.3) is 0 Å². The SMILES string of the molecule is Cl.O=C(Nc1ccc(F)cc1)NC1CCN(C(=O)C2CC23CCNCC3)CC1. The molecule has 1 aromatic rings. The molecule has 0 aromatic heterocycles. The second kappa shape index (κ2) is 8.66. The van der Waals surface area contributed by atoms with Crippen LogP contribution in [0.25, 0.3) is 0 Å². The molecule has 6 nitrogen and oxygen atoms in total. The zero-order valence-corrected chi connectivity index (χ0v) is 16.7. The Morgan fingerprint density at radius 2 is 1.75 bits per heavy atom. The van der Waals surface area contributed by atoms with Gasteiger partial charge in [-0.05, 0) is 74.9 Å². The van der Waals surface area contributed by atoms with Crippen LogP contribution in [0.1, 0.15) is 32.1 Å². The van der Waals surface area contributed by atoms with Crippen LogP contribution in [0.15, 0.2) is 24.3 Å². The van der Waals surface area contributed by atoms with Crippen LogP contribution in [0.4, 0.5) is 14.9 Å². The van der Waals surface area contributed by atoms with Crippen molar-refractivity contribution in [1.82, 2.24) is 15.5 Å². The van der Waals surface area contributed by atoms with Crippen LogP contribution in [0, 0.1) is 17.2 Å². The molecule has 0 radical (unpaired) electrons. The number of amides is 3. The van der Waals surface area contributed by atoms with Gasteiger partial charge in [-0.1, -0.05) is 0 Å². The highest BCUT2D eigenvalue weighted by molar-refractivity contribution is 5.89. The predicted octanol–water partition coefficient (Wildman–Crippen LogP) is 2.75. The zero-order valence-electron chi connectivity index (χ0n) is 15.9. The average molecular weight is 411 g/mol. The van der Waals surface area contributed by atoms with Crippen LogP contribution in [-0.4, -0.2) is 49.1 Å². The molecule has 8 heteroatoms. The van der Waals surface area contributed by atoms with Crippen LogP contribution in [0.5, 0.6) is 0 Å². The molecular formula is C20H28ClFN4O2. The van der Waals surface area contributed by atoms with E-state index in [1.54, 1.807) is 0 Å². The summed E-state index contributed by atoms with van der Waals surface area (Å²) in [6, 6.07) is 5.45. The summed E-state index contributed by atoms with van der Waals surface area (Å²) in [6.07, 6.45) is 4.81. The van der Waals surface area contributed by atoms with Gasteiger partial charge in [-0.25, -0.2) is 9.18 Å². The van der Waals surface area contributed by atoms with Crippen molar-refractivity contribution in [2.24, 2.45) is 11.3 Å². The lowest BCUT2D eigenvalue weighted by atomic mass is 9.91. The second-order valence-corrected chi connectivity index (χ2v) is 8.07. The molecule has 2 heterocycles. The predicted molar refractivity (Wildman–Crippen MR) is 108 cm³/mol. The van der Waals surface area contributed by atoms with Crippen molar-refractivity contribution >= 4 is 30.0 Å². The lowest BCUT2D eigenvalue weighted by Crippen LogP contribution is -2.48. The summed E-state index contributed by atoms with van der Waals surface area (Å²) in [7, 11) is 0. The number of urea groups is 1. The van der Waals surface area contributed by atoms with E-state index in [0.29, 0.717) is 24.7 Å². The quantitative estimate of drug-likeness (QED) is 0.717. The van der Waals surface area contributed by atoms with Gasteiger partial charge < -0.3 is 20.9 Å². The Labute approximate surface area is 171 Å². The summed E-state index contributed by atoms with van der Waals surface area (Å²) in [4.78, 5) is 26.9. The number of hydrogen-bond acceptors (Lipinski definition) is 3. The second-order valence-electron chi connectivity index (χ2n) is 8.07. The van der Waals surface area contributed by atoms with E-state index in [0.717, 1.165) is 45.2 Å². The first-order valence-electron chi connectivity index (χ1n) is 9.88. The van der Waals surface area contributed by atoms with Gasteiger partial charge in [0.2, 0.25) is 5.91 Å². The molecule has 3 N–H and O–H groups in total. The van der Waals surface area contributed by atoms with Crippen molar-refractivity contribution in [3.05, 3.63) is 30.1 Å². The topological polar surface area (TPSA) is 73.5 Å². The fraction of sp³-hybridized carbons (Fsp3) is 0.600. The molecule has 2 aliphatic heterocycles. The van der Waals surface area contributed by atoms with Crippen molar-refractivity contribution < 1.29 is 14.0 Å². The number of rotatable bonds is 3. The van der Waals surface area contributed by atoms with Crippen LogP contribution < -0.4 is 16.0 Å². The third-order valence-corrected chi connectivity index (χ3v) is 6.33. The molecule has 1 unspecified atom stereocenters. The third-order valence-electron chi connectivity index (χ3n) is 6.33. The van der Waals surface area contributed by atoms with Crippen LogP contribution in [-0.2, 0) is 4.79 Å². The fourth-order valence-electron chi connectivity index (χ4n) is 4.52. The Bertz CT molecular complexity index is 701. The molecule has 1 aliphatic carbocycles. The maximum Gasteiger partial charge on any atom is 0.319 e. The number of nitrogens with zero attached hydrogens (tertiary/aromatic N) is 1. The summed E-state index contributed by atoms with van der Waals surface area (Å²) in [6.45, 7) is 3.45. The Kier molecular flexibility index (Phi) is 6.45. The minimum atomic E-state index is -0.333. The highest BCUT2D eigenvalue weighted by Gasteiger charge is 2.58. The highest BCUT2D eigenvalue weighted by Crippen LogP contribution is 2.59. The summed E-state index contributed by atoms with van der Waals surface area (Å²) in [5.74, 6) is 0.192. The monoisotopic (exact) mass is 410 g/mol. The molecule has 3 aliphatic rings. The smallest absolute Gasteiger partial charge is 0.319 e. The molecule has 2 saturated heterocycles. The van der Waals surface area contributed by atoms with E-state index >= 15 is 0 Å². The van der Waals surface area contributed by atoms with Gasteiger partial charge in [0.15, 0.2) is 0 Å². The Morgan fingerprint density at radius 3 is 2.39 bits per heavy atom. The van der Waals surface area contributed by atoms with Gasteiger partial charge in [0.1, 0.15) is 5.82 Å². The van der Waals surface area contributed by atoms with Crippen LogP contribution >= 0.6 is 12.4 Å². The van der Waals surface area contributed by atoms with Gasteiger partial charge in [-0.2, -0.15) is 0 Å². The number of benzene rings is 1. The lowest BCUT2D eigenvalue weighted by molar-refractivity contribution is -0.134. The van der Waals surface area contributed by atoms with E-state index in [1.165, 1.54) is 24.3 Å². The third kappa shape index (κ3) is 4.58. The molecule has 1 atom stereocenters. The molecular weight excluding hydrogens is 383 g/mol. The molecule has 154 valence electrons. The molecule has 3 amide bonds. The number of hydrogen-bond donors (Lipinski definition) is 3. The van der Waals surface area contributed by atoms with E-state index in [2.05, 4.69) is 16.0 Å². The first-order chi connectivity index (χ1) is 13.1. The fourth-order valence-corrected chi connectivity index (χ4v) is 4.52. The molecule has 28 heavy (non-hydrogen) atoms. The van der Waals surface area contributed by atoms with E-state index in [-0.39, 0.29) is 41.6 Å². The lowest BCUT2D eigenvalue weighted by Gasteiger charge is -2.33. The molecule has 0 bridgehead atoms. The zero-order chi connectivity index (χ0) is 18.9. The number of nitrogens with one attached hydrogen (secondary N) is 3. The molecule has 1 saturated carbocycles. The average Bonchev–Trinajstić information content (AvgIpc) is 3.37. The van der Waals surface area contributed by atoms with Gasteiger partial charge in [-0.3, -0.25) is 4.79 Å². The van der Waals surface area contributed by atoms with Crippen molar-refractivity contribution in [3.63, 3.8) is 0 Å². The van der Waals surface area contributed by atoms with E-state index in [4.69, 9.17) is 0 Å². The Morgan fingerprint density at radius 1 is 1.11 bits per heavy atom. The van der Waals surface area contributed by atoms with Gasteiger partial charge in [0, 0.05) is 30.7 Å². The summed E-state index contributed by atoms with van der Waals surface area (Å²) >= 11 is 0. The van der Waals surface area contributed by atoms with E-state index < -0.39 is 0 Å². The van der Waals surface area contributed by atoms with Crippen molar-refractivity contribution in [2.45, 2.75) is 38.1 Å². The number of anilines is 1. The highest BCUT2D eigenvalue weighted by atomic mass is 35.5. The van der Waals surface area contributed by atoms with Gasteiger partial charge in [-0.15, -0.1) is 12.4 Å². The largest absolute Gasteiger partial charge is 0.342 e. The Hall–Kier alpha value is -1.86. The maximum absolute atomic E-state index is 12.9. The molecule has 4 rings (SSSR count). The first kappa shape index (κ1) is 20.9. The normalized spacial score (nSPS) is 23.6. The number of carbonyl (C=O) groups is 2. The summed E-state index contributed by atoms with van der Waals surface area (Å²) in [5, 5.41) is 9.04. The van der Waals surface area contributed by atoms with Crippen molar-refractivity contribution in [2.75, 3.05) is 31.5 Å². The number of likely N-dealkylation sites (tertiary alicyclic amines) is 1. The molecule has 3 fully saturated rings. The van der Waals surface area contributed by atoms with Gasteiger partial charge in [0.05, 0.1) is 0 Å². The minimum absolute atomic E-state index is 0. The van der Waals surface area contributed by atoms with Crippen molar-refractivity contribution in [1.29, 1.82) is 0 Å². The van der Waals surface area contributed by atoms with Crippen LogP contribution in [0.3, 0.4) is 0 Å². The van der Waals surface area contributed by atoms with Crippen LogP contribution in [0.2, 0.25) is 0 Å².